The maximum absolute atomic E-state index is 12.6. The Morgan fingerprint density at radius 2 is 1.88 bits per heavy atom. The molecule has 136 valence electrons. The van der Waals surface area contributed by atoms with Crippen molar-refractivity contribution in [3.8, 4) is 0 Å². The van der Waals surface area contributed by atoms with Crippen LogP contribution in [-0.2, 0) is 14.4 Å². The number of likely N-dealkylation sites (N-methyl/N-ethyl adjacent to an activating group) is 2. The lowest BCUT2D eigenvalue weighted by atomic mass is 10.0. The first-order chi connectivity index (χ1) is 11.1. The third kappa shape index (κ3) is 5.33. The van der Waals surface area contributed by atoms with Crippen LogP contribution in [-0.4, -0.2) is 84.4 Å². The number of carbonyl (C=O) groups is 3. The summed E-state index contributed by atoms with van der Waals surface area (Å²) in [5, 5.41) is 9.32. The molecule has 24 heavy (non-hydrogen) atoms. The molecule has 0 aromatic carbocycles. The zero-order valence-corrected chi connectivity index (χ0v) is 15.2. The molecule has 1 aliphatic heterocycles. The van der Waals surface area contributed by atoms with Gasteiger partial charge in [-0.15, -0.1) is 0 Å². The number of nitrogens with zero attached hydrogens (tertiary/aromatic N) is 3. The lowest BCUT2D eigenvalue weighted by molar-refractivity contribution is -0.152. The van der Waals surface area contributed by atoms with Crippen molar-refractivity contribution in [2.75, 3.05) is 40.8 Å². The highest BCUT2D eigenvalue weighted by molar-refractivity contribution is 5.87. The molecule has 0 saturated carbocycles. The molecular weight excluding hydrogens is 310 g/mol. The van der Waals surface area contributed by atoms with E-state index in [1.54, 1.807) is 41.1 Å². The molecule has 1 heterocycles. The summed E-state index contributed by atoms with van der Waals surface area (Å²) >= 11 is 0. The number of hydrogen-bond acceptors (Lipinski definition) is 4. The predicted molar refractivity (Wildman–Crippen MR) is 91.4 cm³/mol. The van der Waals surface area contributed by atoms with E-state index in [-0.39, 0.29) is 23.7 Å². The first kappa shape index (κ1) is 20.2. The lowest BCUT2D eigenvalue weighted by Gasteiger charge is -2.29. The molecular formula is C17H29N3O4. The molecule has 0 radical (unpaired) electrons. The van der Waals surface area contributed by atoms with E-state index in [4.69, 9.17) is 0 Å². The number of amides is 2. The van der Waals surface area contributed by atoms with Gasteiger partial charge in [-0.25, -0.2) is 4.79 Å². The predicted octanol–water partition coefficient (Wildman–Crippen LogP) is 0.520. The molecule has 7 heteroatoms. The van der Waals surface area contributed by atoms with Crippen LogP contribution in [0.3, 0.4) is 0 Å². The third-order valence-corrected chi connectivity index (χ3v) is 4.34. The van der Waals surface area contributed by atoms with E-state index < -0.39 is 12.0 Å². The number of rotatable bonds is 7. The maximum Gasteiger partial charge on any atom is 0.326 e. The van der Waals surface area contributed by atoms with Gasteiger partial charge >= 0.3 is 5.97 Å². The number of likely N-dealkylation sites (tertiary alicyclic amines) is 1. The molecule has 0 unspecified atom stereocenters. The molecule has 2 amide bonds. The smallest absolute Gasteiger partial charge is 0.326 e. The molecule has 2 atom stereocenters. The van der Waals surface area contributed by atoms with E-state index in [1.165, 1.54) is 15.9 Å². The van der Waals surface area contributed by atoms with Crippen molar-refractivity contribution in [3.05, 3.63) is 12.2 Å². The SMILES string of the molecule is CC(C)[C@@H](C(=O)O)N(C)C(=O)[C@H]1CCN(C/C=C/C(=O)N(C)C)C1. The highest BCUT2D eigenvalue weighted by Crippen LogP contribution is 2.21. The van der Waals surface area contributed by atoms with Crippen LogP contribution >= 0.6 is 0 Å². The van der Waals surface area contributed by atoms with Gasteiger partial charge in [-0.3, -0.25) is 14.5 Å². The van der Waals surface area contributed by atoms with Gasteiger partial charge < -0.3 is 14.9 Å². The zero-order valence-electron chi connectivity index (χ0n) is 15.2. The van der Waals surface area contributed by atoms with Crippen molar-refractivity contribution >= 4 is 17.8 Å². The van der Waals surface area contributed by atoms with Gasteiger partial charge in [0, 0.05) is 40.3 Å². The van der Waals surface area contributed by atoms with Gasteiger partial charge in [0.1, 0.15) is 6.04 Å². The lowest BCUT2D eigenvalue weighted by Crippen LogP contribution is -2.48. The second kappa shape index (κ2) is 8.82. The number of carboxylic acid groups (broad SMARTS) is 1. The topological polar surface area (TPSA) is 81.2 Å². The van der Waals surface area contributed by atoms with Crippen molar-refractivity contribution < 1.29 is 19.5 Å². The normalized spacial score (nSPS) is 19.7. The van der Waals surface area contributed by atoms with E-state index in [0.717, 1.165) is 6.54 Å². The molecule has 0 bridgehead atoms. The van der Waals surface area contributed by atoms with Gasteiger partial charge in [0.05, 0.1) is 5.92 Å². The van der Waals surface area contributed by atoms with Crippen LogP contribution in [0, 0.1) is 11.8 Å². The van der Waals surface area contributed by atoms with E-state index in [2.05, 4.69) is 4.90 Å². The summed E-state index contributed by atoms with van der Waals surface area (Å²) < 4.78 is 0. The second-order valence-corrected chi connectivity index (χ2v) is 6.86. The highest BCUT2D eigenvalue weighted by atomic mass is 16.4. The van der Waals surface area contributed by atoms with Gasteiger partial charge in [-0.1, -0.05) is 19.9 Å². The fraction of sp³-hybridized carbons (Fsp3) is 0.706. The summed E-state index contributed by atoms with van der Waals surface area (Å²) in [6.45, 7) is 5.57. The van der Waals surface area contributed by atoms with Gasteiger partial charge in [0.25, 0.3) is 0 Å². The third-order valence-electron chi connectivity index (χ3n) is 4.34. The van der Waals surface area contributed by atoms with E-state index in [1.807, 2.05) is 0 Å². The zero-order chi connectivity index (χ0) is 18.4. The molecule has 0 aromatic heterocycles. The molecule has 7 nitrogen and oxygen atoms in total. The van der Waals surface area contributed by atoms with E-state index >= 15 is 0 Å². The molecule has 1 fully saturated rings. The Morgan fingerprint density at radius 1 is 1.25 bits per heavy atom. The van der Waals surface area contributed by atoms with Crippen molar-refractivity contribution in [3.63, 3.8) is 0 Å². The fourth-order valence-corrected chi connectivity index (χ4v) is 2.97. The van der Waals surface area contributed by atoms with E-state index in [9.17, 15) is 19.5 Å². The summed E-state index contributed by atoms with van der Waals surface area (Å²) in [7, 11) is 4.96. The molecule has 1 aliphatic rings. The monoisotopic (exact) mass is 339 g/mol. The number of carbonyl (C=O) groups excluding carboxylic acids is 2. The van der Waals surface area contributed by atoms with Gasteiger partial charge in [-0.05, 0) is 18.9 Å². The highest BCUT2D eigenvalue weighted by Gasteiger charge is 2.35. The van der Waals surface area contributed by atoms with Gasteiger partial charge in [0.15, 0.2) is 0 Å². The van der Waals surface area contributed by atoms with Crippen molar-refractivity contribution in [1.29, 1.82) is 0 Å². The Labute approximate surface area is 143 Å². The Kier molecular flexibility index (Phi) is 7.41. The van der Waals surface area contributed by atoms with E-state index in [0.29, 0.717) is 19.5 Å². The summed E-state index contributed by atoms with van der Waals surface area (Å²) in [6.07, 6.45) is 4.04. The van der Waals surface area contributed by atoms with Gasteiger partial charge in [-0.2, -0.15) is 0 Å². The molecule has 1 saturated heterocycles. The Morgan fingerprint density at radius 3 is 2.38 bits per heavy atom. The summed E-state index contributed by atoms with van der Waals surface area (Å²) in [6, 6.07) is -0.802. The number of carboxylic acids is 1. The van der Waals surface area contributed by atoms with Crippen molar-refractivity contribution in [1.82, 2.24) is 14.7 Å². The van der Waals surface area contributed by atoms with Gasteiger partial charge in [0.2, 0.25) is 11.8 Å². The van der Waals surface area contributed by atoms with Crippen LogP contribution < -0.4 is 0 Å². The Hall–Kier alpha value is -1.89. The van der Waals surface area contributed by atoms with Crippen molar-refractivity contribution in [2.24, 2.45) is 11.8 Å². The fourth-order valence-electron chi connectivity index (χ4n) is 2.97. The minimum atomic E-state index is -0.971. The minimum absolute atomic E-state index is 0.0669. The van der Waals surface area contributed by atoms with Crippen LogP contribution in [0.25, 0.3) is 0 Å². The molecule has 0 aromatic rings. The Bertz CT molecular complexity index is 502. The first-order valence-corrected chi connectivity index (χ1v) is 8.24. The molecule has 1 rings (SSSR count). The largest absolute Gasteiger partial charge is 0.480 e. The number of hydrogen-bond donors (Lipinski definition) is 1. The quantitative estimate of drug-likeness (QED) is 0.684. The van der Waals surface area contributed by atoms with Crippen LogP contribution in [0.1, 0.15) is 20.3 Å². The second-order valence-electron chi connectivity index (χ2n) is 6.86. The number of aliphatic carboxylic acids is 1. The van der Waals surface area contributed by atoms with Crippen LogP contribution in [0.2, 0.25) is 0 Å². The standard InChI is InChI=1S/C17H29N3O4/c1-12(2)15(17(23)24)19(5)16(22)13-8-10-20(11-13)9-6-7-14(21)18(3)4/h6-7,12-13,15H,8-11H2,1-5H3,(H,23,24)/b7-6+/t13-,15-/m0/s1. The molecule has 0 spiro atoms. The average molecular weight is 339 g/mol. The minimum Gasteiger partial charge on any atom is -0.480 e. The summed E-state index contributed by atoms with van der Waals surface area (Å²) in [5.74, 6) is -1.49. The molecule has 1 N–H and O–H groups in total. The first-order valence-electron chi connectivity index (χ1n) is 8.24. The van der Waals surface area contributed by atoms with Crippen LogP contribution in [0.15, 0.2) is 12.2 Å². The summed E-state index contributed by atoms with van der Waals surface area (Å²) in [4.78, 5) is 40.4. The summed E-state index contributed by atoms with van der Waals surface area (Å²) in [5.41, 5.74) is 0. The Balaban J connectivity index is 2.57. The maximum atomic E-state index is 12.6. The molecule has 0 aliphatic carbocycles. The van der Waals surface area contributed by atoms with Crippen LogP contribution in [0.5, 0.6) is 0 Å². The van der Waals surface area contributed by atoms with Crippen molar-refractivity contribution in [2.45, 2.75) is 26.3 Å². The average Bonchev–Trinajstić information content (AvgIpc) is 2.94. The van der Waals surface area contributed by atoms with Crippen LogP contribution in [0.4, 0.5) is 0 Å².